The highest BCUT2D eigenvalue weighted by molar-refractivity contribution is 6.74. The molecule has 12 rings (SSSR count). The minimum absolute atomic E-state index is 0.756. The Hall–Kier alpha value is -8.86. The predicted octanol–water partition coefficient (Wildman–Crippen LogP) is 16.2. The number of anilines is 8. The molecule has 0 fully saturated rings. The van der Waals surface area contributed by atoms with E-state index in [9.17, 15) is 0 Å². The Bertz CT molecular complexity index is 3560. The summed E-state index contributed by atoms with van der Waals surface area (Å²) in [4.78, 5) is 4.88. The van der Waals surface area contributed by atoms with Gasteiger partial charge in [0.05, 0.1) is 0 Å². The van der Waals surface area contributed by atoms with Gasteiger partial charge in [0.2, 0.25) is 0 Å². The van der Waals surface area contributed by atoms with E-state index in [2.05, 4.69) is 283 Å². The van der Waals surface area contributed by atoms with Crippen molar-refractivity contribution in [1.82, 2.24) is 0 Å². The summed E-state index contributed by atoms with van der Waals surface area (Å²) in [5, 5.41) is 6.41. The van der Waals surface area contributed by atoms with Crippen LogP contribution in [0.3, 0.4) is 0 Å². The van der Waals surface area contributed by atoms with Crippen molar-refractivity contribution in [2.45, 2.75) is 6.92 Å². The molecular weight excluding hydrogens is 834 g/mol. The maximum Gasteiger partial charge on any atom is 0.198 e. The first-order valence-electron chi connectivity index (χ1n) is 23.8. The highest BCUT2D eigenvalue weighted by Crippen LogP contribution is 2.46. The zero-order valence-corrected chi connectivity index (χ0v) is 38.4. The molecule has 3 nitrogen and oxygen atoms in total. The van der Waals surface area contributed by atoms with Crippen molar-refractivity contribution in [3.05, 3.63) is 266 Å². The third-order valence-electron chi connectivity index (χ3n) is 13.6. The predicted molar refractivity (Wildman–Crippen MR) is 296 cm³/mol. The Morgan fingerprint density at radius 3 is 1.55 bits per heavy atom. The van der Waals surface area contributed by atoms with E-state index in [0.29, 0.717) is 0 Å². The number of hydrogen-bond donors (Lipinski definition) is 1. The van der Waals surface area contributed by atoms with Crippen LogP contribution in [0.1, 0.15) is 5.56 Å². The first-order valence-corrected chi connectivity index (χ1v) is 23.8. The fraction of sp³-hybridized carbons (Fsp3) is 0.0154. The minimum Gasteiger partial charge on any atom is -0.355 e. The lowest BCUT2D eigenvalue weighted by Crippen LogP contribution is -2.41. The van der Waals surface area contributed by atoms with Crippen molar-refractivity contribution in [3.8, 4) is 44.5 Å². The second-order valence-electron chi connectivity index (χ2n) is 17.9. The molecule has 0 atom stereocenters. The number of benzene rings is 11. The monoisotopic (exact) mass is 881 g/mol. The number of fused-ring (bicyclic) bond motifs is 3. The van der Waals surface area contributed by atoms with Gasteiger partial charge in [-0.25, -0.2) is 0 Å². The fourth-order valence-corrected chi connectivity index (χ4v) is 10.2. The quantitative estimate of drug-likeness (QED) is 0.138. The molecule has 0 bridgehead atoms. The molecule has 0 aliphatic carbocycles. The van der Waals surface area contributed by atoms with E-state index in [1.54, 1.807) is 0 Å². The first-order chi connectivity index (χ1) is 34.1. The van der Waals surface area contributed by atoms with Crippen LogP contribution in [-0.4, -0.2) is 7.28 Å². The Labute approximate surface area is 405 Å². The van der Waals surface area contributed by atoms with Crippen molar-refractivity contribution in [1.29, 1.82) is 0 Å². The normalized spacial score (nSPS) is 11.6. The molecule has 0 aromatic heterocycles. The van der Waals surface area contributed by atoms with Gasteiger partial charge in [0.15, 0.2) is 7.28 Å². The van der Waals surface area contributed by atoms with Crippen LogP contribution in [0.2, 0.25) is 0 Å². The lowest BCUT2D eigenvalue weighted by molar-refractivity contribution is 1.26. The Balaban J connectivity index is 1.10. The van der Waals surface area contributed by atoms with Gasteiger partial charge in [-0.15, -0.1) is 0 Å². The van der Waals surface area contributed by atoms with Crippen LogP contribution in [0, 0.1) is 6.92 Å². The summed E-state index contributed by atoms with van der Waals surface area (Å²) in [7, 11) is 0.756. The number of hydrogen-bond acceptors (Lipinski definition) is 3. The van der Waals surface area contributed by atoms with Crippen LogP contribution >= 0.6 is 0 Å². The molecule has 0 saturated heterocycles. The third kappa shape index (κ3) is 8.02. The standard InChI is InChI=1S/C65H48BN3/c1-45-31-32-51(48-23-11-4-12-24-48)42-62(45)69-61-40-35-50(47-21-9-3-10-22-47)41-59(61)66-65-63(69)43-52-25-17-18-30-57(52)64(65)58-39-38-56(68(54-26-13-5-14-27-54)55-28-15-6-16-29-55)44-60(58)67-53-36-33-49(34-37-53)46-19-7-2-8-20-46/h2-44,66-67H,1H3. The SMILES string of the molecule is Cc1ccc(-c2ccccc2)cc1N1c2ccc(-c3ccccc3)cc2Bc2c1cc1ccccc1c2-c1ccc(N(c2ccccc2)c2ccccc2)cc1Nc1ccc(-c2ccccc2)cc1. The van der Waals surface area contributed by atoms with Crippen molar-refractivity contribution >= 4 is 74.5 Å². The van der Waals surface area contributed by atoms with Crippen LogP contribution in [0.15, 0.2) is 261 Å². The third-order valence-corrected chi connectivity index (χ3v) is 13.6. The highest BCUT2D eigenvalue weighted by Gasteiger charge is 2.31. The summed E-state index contributed by atoms with van der Waals surface area (Å²) in [6.45, 7) is 2.24. The fourth-order valence-electron chi connectivity index (χ4n) is 10.2. The van der Waals surface area contributed by atoms with Crippen LogP contribution in [0.5, 0.6) is 0 Å². The van der Waals surface area contributed by atoms with Crippen molar-refractivity contribution in [2.75, 3.05) is 15.1 Å². The van der Waals surface area contributed by atoms with Gasteiger partial charge >= 0.3 is 0 Å². The number of nitrogens with one attached hydrogen (secondary N) is 1. The number of aryl methyl sites for hydroxylation is 1. The Kier molecular flexibility index (Phi) is 10.9. The molecule has 0 radical (unpaired) electrons. The molecule has 69 heavy (non-hydrogen) atoms. The van der Waals surface area contributed by atoms with Crippen LogP contribution in [0.25, 0.3) is 55.3 Å². The van der Waals surface area contributed by atoms with E-state index in [-0.39, 0.29) is 0 Å². The van der Waals surface area contributed by atoms with Crippen LogP contribution in [0.4, 0.5) is 45.5 Å². The molecule has 0 saturated carbocycles. The van der Waals surface area contributed by atoms with Crippen molar-refractivity contribution < 1.29 is 0 Å². The summed E-state index contributed by atoms with van der Waals surface area (Å²) >= 11 is 0. The molecular formula is C65H48BN3. The lowest BCUT2D eigenvalue weighted by atomic mass is 9.57. The van der Waals surface area contributed by atoms with Crippen LogP contribution < -0.4 is 26.0 Å². The second-order valence-corrected chi connectivity index (χ2v) is 17.9. The number of rotatable bonds is 10. The Morgan fingerprint density at radius 2 is 0.913 bits per heavy atom. The maximum absolute atomic E-state index is 4.01. The average Bonchev–Trinajstić information content (AvgIpc) is 3.41. The second kappa shape index (κ2) is 18.1. The smallest absolute Gasteiger partial charge is 0.198 e. The highest BCUT2D eigenvalue weighted by atomic mass is 15.2. The van der Waals surface area contributed by atoms with Gasteiger partial charge in [0, 0.05) is 51.1 Å². The van der Waals surface area contributed by atoms with Gasteiger partial charge in [0.25, 0.3) is 0 Å². The molecule has 4 heteroatoms. The molecule has 326 valence electrons. The van der Waals surface area contributed by atoms with Crippen molar-refractivity contribution in [3.63, 3.8) is 0 Å². The summed E-state index contributed by atoms with van der Waals surface area (Å²) in [5.41, 5.74) is 22.1. The van der Waals surface area contributed by atoms with Gasteiger partial charge in [-0.05, 0) is 134 Å². The molecule has 1 aliphatic heterocycles. The zero-order valence-electron chi connectivity index (χ0n) is 38.4. The summed E-state index contributed by atoms with van der Waals surface area (Å²) in [5.74, 6) is 0. The molecule has 1 aliphatic rings. The van der Waals surface area contributed by atoms with E-state index in [4.69, 9.17) is 0 Å². The van der Waals surface area contributed by atoms with E-state index in [1.807, 2.05) is 0 Å². The van der Waals surface area contributed by atoms with E-state index in [1.165, 1.54) is 83.3 Å². The van der Waals surface area contributed by atoms with Gasteiger partial charge in [0.1, 0.15) is 0 Å². The molecule has 0 amide bonds. The average molecular weight is 882 g/mol. The van der Waals surface area contributed by atoms with Gasteiger partial charge < -0.3 is 15.1 Å². The summed E-state index contributed by atoms with van der Waals surface area (Å²) in [6.07, 6.45) is 0. The molecule has 0 spiro atoms. The molecule has 1 heterocycles. The minimum atomic E-state index is 0.756. The van der Waals surface area contributed by atoms with Crippen molar-refractivity contribution in [2.24, 2.45) is 0 Å². The first kappa shape index (κ1) is 41.6. The Morgan fingerprint density at radius 1 is 0.391 bits per heavy atom. The van der Waals surface area contributed by atoms with Gasteiger partial charge in [-0.2, -0.15) is 0 Å². The van der Waals surface area contributed by atoms with Gasteiger partial charge in [-0.1, -0.05) is 200 Å². The number of para-hydroxylation sites is 2. The topological polar surface area (TPSA) is 18.5 Å². The summed E-state index contributed by atoms with van der Waals surface area (Å²) in [6, 6.07) is 94.6. The summed E-state index contributed by atoms with van der Waals surface area (Å²) < 4.78 is 0. The maximum atomic E-state index is 4.01. The van der Waals surface area contributed by atoms with Gasteiger partial charge in [-0.3, -0.25) is 0 Å². The van der Waals surface area contributed by atoms with E-state index in [0.717, 1.165) is 41.3 Å². The molecule has 11 aromatic carbocycles. The van der Waals surface area contributed by atoms with E-state index >= 15 is 0 Å². The largest absolute Gasteiger partial charge is 0.355 e. The number of nitrogens with zero attached hydrogens (tertiary/aromatic N) is 2. The zero-order chi connectivity index (χ0) is 46.1. The van der Waals surface area contributed by atoms with Crippen LogP contribution in [-0.2, 0) is 0 Å². The molecule has 1 N–H and O–H groups in total. The lowest BCUT2D eigenvalue weighted by Gasteiger charge is -2.37. The molecule has 0 unspecified atom stereocenters. The molecule has 11 aromatic rings. The van der Waals surface area contributed by atoms with E-state index < -0.39 is 0 Å².